The molecule has 0 amide bonds. The van der Waals surface area contributed by atoms with Crippen LogP contribution in [0.25, 0.3) is 10.9 Å². The van der Waals surface area contributed by atoms with E-state index in [9.17, 15) is 4.39 Å². The molecule has 0 bridgehead atoms. The lowest BCUT2D eigenvalue weighted by atomic mass is 10.1. The van der Waals surface area contributed by atoms with Gasteiger partial charge >= 0.3 is 0 Å². The molecular formula is C20H18ClFN4. The molecule has 0 saturated carbocycles. The van der Waals surface area contributed by atoms with Gasteiger partial charge in [0.1, 0.15) is 12.0 Å². The van der Waals surface area contributed by atoms with Crippen molar-refractivity contribution >= 4 is 28.2 Å². The highest BCUT2D eigenvalue weighted by Crippen LogP contribution is 2.45. The molecule has 0 radical (unpaired) electrons. The van der Waals surface area contributed by atoms with Crippen LogP contribution in [0.4, 0.5) is 10.1 Å². The van der Waals surface area contributed by atoms with Crippen molar-refractivity contribution in [3.63, 3.8) is 0 Å². The average molecular weight is 369 g/mol. The van der Waals surface area contributed by atoms with E-state index in [-0.39, 0.29) is 12.0 Å². The predicted molar refractivity (Wildman–Crippen MR) is 101 cm³/mol. The van der Waals surface area contributed by atoms with Crippen LogP contribution in [0.3, 0.4) is 0 Å². The second-order valence-corrected chi connectivity index (χ2v) is 7.38. The quantitative estimate of drug-likeness (QED) is 0.681. The van der Waals surface area contributed by atoms with Crippen molar-refractivity contribution in [2.24, 2.45) is 0 Å². The van der Waals surface area contributed by atoms with E-state index >= 15 is 0 Å². The number of halogens is 2. The molecule has 1 N–H and O–H groups in total. The molecule has 2 aromatic carbocycles. The minimum Gasteiger partial charge on any atom is -0.349 e. The Labute approximate surface area is 155 Å². The third-order valence-corrected chi connectivity index (χ3v) is 5.62. The summed E-state index contributed by atoms with van der Waals surface area (Å²) < 4.78 is 13.9. The number of nitrogens with one attached hydrogen (secondary N) is 1. The highest BCUT2D eigenvalue weighted by molar-refractivity contribution is 6.33. The van der Waals surface area contributed by atoms with Crippen molar-refractivity contribution in [3.8, 4) is 0 Å². The Morgan fingerprint density at radius 1 is 1.27 bits per heavy atom. The maximum Gasteiger partial charge on any atom is 0.132 e. The molecule has 1 fully saturated rings. The van der Waals surface area contributed by atoms with Crippen molar-refractivity contribution in [2.45, 2.75) is 25.9 Å². The van der Waals surface area contributed by atoms with Crippen molar-refractivity contribution in [2.75, 3.05) is 11.4 Å². The lowest BCUT2D eigenvalue weighted by Gasteiger charge is -2.33. The van der Waals surface area contributed by atoms with Crippen molar-refractivity contribution in [1.82, 2.24) is 15.1 Å². The number of allylic oxidation sites excluding steroid dienone is 1. The Morgan fingerprint density at radius 3 is 3.04 bits per heavy atom. The van der Waals surface area contributed by atoms with E-state index < -0.39 is 0 Å². The number of aryl methyl sites for hydroxylation is 1. The normalized spacial score (nSPS) is 19.3. The van der Waals surface area contributed by atoms with Gasteiger partial charge in [0.2, 0.25) is 0 Å². The van der Waals surface area contributed by atoms with Crippen LogP contribution in [-0.2, 0) is 0 Å². The molecule has 3 aromatic rings. The van der Waals surface area contributed by atoms with Gasteiger partial charge in [-0.1, -0.05) is 17.7 Å². The van der Waals surface area contributed by atoms with Crippen LogP contribution in [0.2, 0.25) is 5.02 Å². The van der Waals surface area contributed by atoms with Crippen LogP contribution in [0.15, 0.2) is 48.4 Å². The molecule has 4 nitrogen and oxygen atoms in total. The van der Waals surface area contributed by atoms with Crippen LogP contribution in [-0.4, -0.2) is 21.6 Å². The lowest BCUT2D eigenvalue weighted by molar-refractivity contribution is 0.319. The molecule has 26 heavy (non-hydrogen) atoms. The summed E-state index contributed by atoms with van der Waals surface area (Å²) in [6.07, 6.45) is 6.23. The zero-order valence-electron chi connectivity index (χ0n) is 14.3. The zero-order valence-corrected chi connectivity index (χ0v) is 15.1. The highest BCUT2D eigenvalue weighted by Gasteiger charge is 2.37. The Morgan fingerprint density at radius 2 is 2.15 bits per heavy atom. The number of aromatic nitrogens is 2. The Kier molecular flexibility index (Phi) is 3.47. The lowest BCUT2D eigenvalue weighted by Crippen LogP contribution is -2.30. The number of aromatic amines is 1. The second-order valence-electron chi connectivity index (χ2n) is 6.97. The van der Waals surface area contributed by atoms with E-state index in [1.807, 2.05) is 12.3 Å². The summed E-state index contributed by atoms with van der Waals surface area (Å²) in [6.45, 7) is 2.78. The van der Waals surface area contributed by atoms with Gasteiger partial charge in [0, 0.05) is 23.8 Å². The summed E-state index contributed by atoms with van der Waals surface area (Å²) in [6, 6.07) is 9.58. The fraction of sp³-hybridized carbons (Fsp3) is 0.250. The van der Waals surface area contributed by atoms with Crippen LogP contribution in [0, 0.1) is 12.7 Å². The van der Waals surface area contributed by atoms with E-state index in [0.29, 0.717) is 10.6 Å². The van der Waals surface area contributed by atoms with Crippen molar-refractivity contribution in [1.29, 1.82) is 0 Å². The minimum atomic E-state index is -0.275. The van der Waals surface area contributed by atoms with Gasteiger partial charge in [0.15, 0.2) is 0 Å². The van der Waals surface area contributed by atoms with Gasteiger partial charge < -0.3 is 9.80 Å². The van der Waals surface area contributed by atoms with Gasteiger partial charge in [0.05, 0.1) is 22.4 Å². The molecule has 1 atom stereocenters. The minimum absolute atomic E-state index is 0.0224. The van der Waals surface area contributed by atoms with Crippen LogP contribution in [0.1, 0.15) is 30.1 Å². The molecule has 132 valence electrons. The zero-order chi connectivity index (χ0) is 17.8. The smallest absolute Gasteiger partial charge is 0.132 e. The summed E-state index contributed by atoms with van der Waals surface area (Å²) in [5.41, 5.74) is 4.93. The van der Waals surface area contributed by atoms with E-state index in [2.05, 4.69) is 44.4 Å². The largest absolute Gasteiger partial charge is 0.349 e. The number of fused-ring (bicyclic) bond motifs is 2. The summed E-state index contributed by atoms with van der Waals surface area (Å²) >= 11 is 6.42. The molecule has 1 aromatic heterocycles. The Balaban J connectivity index is 1.65. The van der Waals surface area contributed by atoms with Gasteiger partial charge in [-0.05, 0) is 55.2 Å². The van der Waals surface area contributed by atoms with E-state index in [1.54, 1.807) is 6.92 Å². The van der Waals surface area contributed by atoms with Gasteiger partial charge in [-0.2, -0.15) is 5.10 Å². The summed E-state index contributed by atoms with van der Waals surface area (Å²) in [7, 11) is 0. The van der Waals surface area contributed by atoms with Crippen LogP contribution < -0.4 is 4.90 Å². The number of rotatable bonds is 2. The molecule has 0 aliphatic carbocycles. The van der Waals surface area contributed by atoms with Gasteiger partial charge in [0.25, 0.3) is 0 Å². The van der Waals surface area contributed by atoms with Crippen LogP contribution >= 0.6 is 11.6 Å². The molecule has 0 spiro atoms. The SMILES string of the molecule is Cc1cc(N2C=C3CCCN3C2c2ccc3[nH]ncc3c2)c(Cl)cc1F. The van der Waals surface area contributed by atoms with Crippen molar-refractivity contribution < 1.29 is 4.39 Å². The molecule has 1 saturated heterocycles. The number of benzene rings is 2. The molecular weight excluding hydrogens is 351 g/mol. The summed E-state index contributed by atoms with van der Waals surface area (Å²) in [4.78, 5) is 4.58. The number of anilines is 1. The van der Waals surface area contributed by atoms with Gasteiger partial charge in [-0.15, -0.1) is 0 Å². The molecule has 5 rings (SSSR count). The molecule has 3 heterocycles. The standard InChI is InChI=1S/C20H18ClFN4/c1-12-7-19(16(21)9-17(12)22)26-11-15-3-2-6-25(15)20(26)13-4-5-18-14(8-13)10-23-24-18/h4-5,7-11,20H,2-3,6H2,1H3,(H,23,24). The van der Waals surface area contributed by atoms with E-state index in [1.165, 1.54) is 17.3 Å². The number of hydrogen-bond donors (Lipinski definition) is 1. The molecule has 1 unspecified atom stereocenters. The first-order chi connectivity index (χ1) is 12.6. The topological polar surface area (TPSA) is 35.2 Å². The fourth-order valence-electron chi connectivity index (χ4n) is 4.02. The Hall–Kier alpha value is -2.53. The predicted octanol–water partition coefficient (Wildman–Crippen LogP) is 5.12. The third kappa shape index (κ3) is 2.31. The molecule has 2 aliphatic rings. The second kappa shape index (κ2) is 5.74. The first-order valence-electron chi connectivity index (χ1n) is 8.76. The van der Waals surface area contributed by atoms with Crippen LogP contribution in [0.5, 0.6) is 0 Å². The first-order valence-corrected chi connectivity index (χ1v) is 9.14. The fourth-order valence-corrected chi connectivity index (χ4v) is 4.27. The monoisotopic (exact) mass is 368 g/mol. The average Bonchev–Trinajstić information content (AvgIpc) is 3.32. The number of H-pyrrole nitrogens is 1. The molecule has 2 aliphatic heterocycles. The van der Waals surface area contributed by atoms with E-state index in [4.69, 9.17) is 11.6 Å². The summed E-state index contributed by atoms with van der Waals surface area (Å²) in [5, 5.41) is 8.63. The Bertz CT molecular complexity index is 1040. The summed E-state index contributed by atoms with van der Waals surface area (Å²) in [5.74, 6) is -0.275. The number of nitrogens with zero attached hydrogens (tertiary/aromatic N) is 3. The maximum atomic E-state index is 13.9. The first kappa shape index (κ1) is 15.7. The number of hydrogen-bond acceptors (Lipinski definition) is 3. The third-order valence-electron chi connectivity index (χ3n) is 5.32. The van der Waals surface area contributed by atoms with E-state index in [0.717, 1.165) is 36.0 Å². The van der Waals surface area contributed by atoms with Gasteiger partial charge in [-0.25, -0.2) is 4.39 Å². The molecule has 6 heteroatoms. The maximum absolute atomic E-state index is 13.9. The van der Waals surface area contributed by atoms with Crippen molar-refractivity contribution in [3.05, 3.63) is 70.4 Å². The highest BCUT2D eigenvalue weighted by atomic mass is 35.5. The van der Waals surface area contributed by atoms with Gasteiger partial charge in [-0.3, -0.25) is 5.10 Å².